The molecule has 0 saturated heterocycles. The average molecular weight is 338 g/mol. The molecule has 0 fully saturated rings. The zero-order valence-electron chi connectivity index (χ0n) is 12.1. The van der Waals surface area contributed by atoms with E-state index in [-0.39, 0.29) is 5.54 Å². The molecule has 0 aliphatic rings. The Balaban J connectivity index is 2.05. The smallest absolute Gasteiger partial charge is 0.248 e. The van der Waals surface area contributed by atoms with Crippen LogP contribution in [0.4, 0.5) is 0 Å². The highest BCUT2D eigenvalue weighted by atomic mass is 79.9. The van der Waals surface area contributed by atoms with Gasteiger partial charge < -0.3 is 9.73 Å². The Bertz CT molecular complexity index is 566. The summed E-state index contributed by atoms with van der Waals surface area (Å²) in [5, 5.41) is 11.7. The molecule has 0 radical (unpaired) electrons. The minimum absolute atomic E-state index is 0.0801. The van der Waals surface area contributed by atoms with Gasteiger partial charge in [-0.1, -0.05) is 25.5 Å². The van der Waals surface area contributed by atoms with Gasteiger partial charge in [-0.3, -0.25) is 0 Å². The monoisotopic (exact) mass is 337 g/mol. The number of rotatable bonds is 6. The van der Waals surface area contributed by atoms with E-state index in [0.29, 0.717) is 18.3 Å². The number of halogens is 1. The number of hydrogen-bond donors (Lipinski definition) is 1. The molecule has 20 heavy (non-hydrogen) atoms. The van der Waals surface area contributed by atoms with Gasteiger partial charge in [-0.15, -0.1) is 10.2 Å². The molecule has 2 rings (SSSR count). The van der Waals surface area contributed by atoms with Crippen molar-refractivity contribution >= 4 is 15.9 Å². The first kappa shape index (κ1) is 15.2. The van der Waals surface area contributed by atoms with E-state index < -0.39 is 0 Å². The second kappa shape index (κ2) is 6.50. The van der Waals surface area contributed by atoms with Crippen LogP contribution in [0, 0.1) is 0 Å². The first-order valence-corrected chi connectivity index (χ1v) is 7.63. The summed E-state index contributed by atoms with van der Waals surface area (Å²) in [6.45, 7) is 7.13. The fourth-order valence-electron chi connectivity index (χ4n) is 2.10. The van der Waals surface area contributed by atoms with E-state index in [4.69, 9.17) is 4.42 Å². The molecule has 108 valence electrons. The zero-order valence-corrected chi connectivity index (χ0v) is 13.7. The van der Waals surface area contributed by atoms with Crippen LogP contribution >= 0.6 is 15.9 Å². The molecule has 1 heterocycles. The van der Waals surface area contributed by atoms with Crippen molar-refractivity contribution in [1.29, 1.82) is 0 Å². The number of nitrogens with zero attached hydrogens (tertiary/aromatic N) is 2. The molecule has 0 bridgehead atoms. The molecule has 4 nitrogen and oxygen atoms in total. The first-order chi connectivity index (χ1) is 9.52. The number of nitrogens with one attached hydrogen (secondary N) is 1. The maximum absolute atomic E-state index is 5.71. The predicted molar refractivity (Wildman–Crippen MR) is 83.3 cm³/mol. The second-order valence-corrected chi connectivity index (χ2v) is 6.32. The van der Waals surface area contributed by atoms with Crippen LogP contribution in [0.5, 0.6) is 0 Å². The molecule has 1 aromatic heterocycles. The quantitative estimate of drug-likeness (QED) is 0.859. The van der Waals surface area contributed by atoms with Crippen LogP contribution in [0.3, 0.4) is 0 Å². The van der Waals surface area contributed by atoms with E-state index in [9.17, 15) is 0 Å². The molecule has 0 spiro atoms. The summed E-state index contributed by atoms with van der Waals surface area (Å²) in [6.07, 6.45) is 2.25. The van der Waals surface area contributed by atoms with Crippen molar-refractivity contribution in [3.05, 3.63) is 34.6 Å². The van der Waals surface area contributed by atoms with E-state index in [1.54, 1.807) is 0 Å². The lowest BCUT2D eigenvalue weighted by Gasteiger charge is -2.24. The van der Waals surface area contributed by atoms with E-state index in [2.05, 4.69) is 52.2 Å². The van der Waals surface area contributed by atoms with Gasteiger partial charge in [0.1, 0.15) is 0 Å². The van der Waals surface area contributed by atoms with Crippen LogP contribution in [-0.2, 0) is 6.54 Å². The van der Waals surface area contributed by atoms with Crippen molar-refractivity contribution in [2.45, 2.75) is 45.7 Å². The maximum Gasteiger partial charge on any atom is 0.248 e. The molecule has 5 heteroatoms. The van der Waals surface area contributed by atoms with Crippen molar-refractivity contribution < 1.29 is 4.42 Å². The minimum Gasteiger partial charge on any atom is -0.419 e. The summed E-state index contributed by atoms with van der Waals surface area (Å²) in [5.41, 5.74) is 0.996. The zero-order chi connectivity index (χ0) is 14.6. The van der Waals surface area contributed by atoms with Gasteiger partial charge in [-0.05, 0) is 48.3 Å². The molecule has 0 unspecified atom stereocenters. The lowest BCUT2D eigenvalue weighted by Crippen LogP contribution is -2.38. The summed E-state index contributed by atoms with van der Waals surface area (Å²) in [7, 11) is 0. The molecule has 0 aliphatic heterocycles. The Hall–Kier alpha value is -1.20. The van der Waals surface area contributed by atoms with E-state index in [1.165, 1.54) is 0 Å². The fraction of sp³-hybridized carbons (Fsp3) is 0.467. The molecule has 1 N–H and O–H groups in total. The fourth-order valence-corrected chi connectivity index (χ4v) is 2.55. The van der Waals surface area contributed by atoms with Gasteiger partial charge in [0.25, 0.3) is 0 Å². The summed E-state index contributed by atoms with van der Waals surface area (Å²) in [4.78, 5) is 0. The lowest BCUT2D eigenvalue weighted by molar-refractivity contribution is 0.334. The van der Waals surface area contributed by atoms with Crippen molar-refractivity contribution in [3.8, 4) is 11.5 Å². The Kier molecular flexibility index (Phi) is 4.94. The van der Waals surface area contributed by atoms with Crippen molar-refractivity contribution in [2.24, 2.45) is 0 Å². The highest BCUT2D eigenvalue weighted by Gasteiger charge is 2.17. The Labute approximate surface area is 128 Å². The van der Waals surface area contributed by atoms with Gasteiger partial charge in [-0.25, -0.2) is 0 Å². The van der Waals surface area contributed by atoms with Crippen LogP contribution in [0.2, 0.25) is 0 Å². The number of benzene rings is 1. The molecule has 0 aliphatic carbocycles. The number of hydrogen-bond acceptors (Lipinski definition) is 4. The normalized spacial score (nSPS) is 11.8. The van der Waals surface area contributed by atoms with Gasteiger partial charge in [0, 0.05) is 10.0 Å². The van der Waals surface area contributed by atoms with Crippen LogP contribution in [0.15, 0.2) is 33.2 Å². The number of aromatic nitrogens is 2. The summed E-state index contributed by atoms with van der Waals surface area (Å²) in [6, 6.07) is 7.82. The van der Waals surface area contributed by atoms with Crippen LogP contribution in [-0.4, -0.2) is 15.7 Å². The van der Waals surface area contributed by atoms with Gasteiger partial charge in [0.15, 0.2) is 0 Å². The van der Waals surface area contributed by atoms with Crippen LogP contribution < -0.4 is 5.32 Å². The molecular formula is C15H20BrN3O. The molecule has 2 aromatic rings. The topological polar surface area (TPSA) is 51.0 Å². The molecule has 1 aromatic carbocycles. The van der Waals surface area contributed by atoms with Crippen molar-refractivity contribution in [2.75, 3.05) is 0 Å². The molecule has 0 saturated carbocycles. The van der Waals surface area contributed by atoms with Gasteiger partial charge in [-0.2, -0.15) is 0 Å². The largest absolute Gasteiger partial charge is 0.419 e. The standard InChI is InChI=1S/C15H20BrN3O/c1-4-9-15(2,3)17-10-13-18-19-14(20-13)11-7-5-6-8-12(11)16/h5-8,17H,4,9-10H2,1-3H3. The third-order valence-corrected chi connectivity index (χ3v) is 3.86. The minimum atomic E-state index is 0.0801. The third kappa shape index (κ3) is 3.90. The highest BCUT2D eigenvalue weighted by Crippen LogP contribution is 2.26. The van der Waals surface area contributed by atoms with E-state index >= 15 is 0 Å². The summed E-state index contributed by atoms with van der Waals surface area (Å²) >= 11 is 3.49. The molecular weight excluding hydrogens is 318 g/mol. The average Bonchev–Trinajstić information content (AvgIpc) is 2.86. The first-order valence-electron chi connectivity index (χ1n) is 6.84. The van der Waals surface area contributed by atoms with E-state index in [1.807, 2.05) is 24.3 Å². The van der Waals surface area contributed by atoms with Gasteiger partial charge in [0.05, 0.1) is 12.1 Å². The highest BCUT2D eigenvalue weighted by molar-refractivity contribution is 9.10. The summed E-state index contributed by atoms with van der Waals surface area (Å²) in [5.74, 6) is 1.16. The molecule has 0 atom stereocenters. The maximum atomic E-state index is 5.71. The second-order valence-electron chi connectivity index (χ2n) is 5.47. The summed E-state index contributed by atoms with van der Waals surface area (Å²) < 4.78 is 6.66. The third-order valence-electron chi connectivity index (χ3n) is 3.16. The van der Waals surface area contributed by atoms with Gasteiger partial charge in [0.2, 0.25) is 11.8 Å². The van der Waals surface area contributed by atoms with Gasteiger partial charge >= 0.3 is 0 Å². The Morgan fingerprint density at radius 1 is 1.25 bits per heavy atom. The van der Waals surface area contributed by atoms with Crippen LogP contribution in [0.25, 0.3) is 11.5 Å². The molecule has 0 amide bonds. The lowest BCUT2D eigenvalue weighted by atomic mass is 9.99. The Morgan fingerprint density at radius 3 is 2.70 bits per heavy atom. The van der Waals surface area contributed by atoms with Crippen LogP contribution in [0.1, 0.15) is 39.5 Å². The SMILES string of the molecule is CCCC(C)(C)NCc1nnc(-c2ccccc2Br)o1. The van der Waals surface area contributed by atoms with Crippen molar-refractivity contribution in [1.82, 2.24) is 15.5 Å². The van der Waals surface area contributed by atoms with Crippen molar-refractivity contribution in [3.63, 3.8) is 0 Å². The predicted octanol–water partition coefficient (Wildman–Crippen LogP) is 4.17. The van der Waals surface area contributed by atoms with E-state index in [0.717, 1.165) is 22.9 Å². The Morgan fingerprint density at radius 2 is 2.00 bits per heavy atom.